The minimum Gasteiger partial charge on any atom is -0.454 e. The van der Waals surface area contributed by atoms with Gasteiger partial charge < -0.3 is 15.4 Å². The molecule has 1 heterocycles. The Balaban J connectivity index is 1.95. The van der Waals surface area contributed by atoms with Crippen molar-refractivity contribution in [1.82, 2.24) is 15.5 Å². The molecule has 2 fully saturated rings. The number of hydrogen-bond donors (Lipinski definition) is 2. The molecule has 2 aliphatic rings. The molecule has 1 spiro atoms. The fraction of sp³-hybridized carbons (Fsp3) is 0.800. The summed E-state index contributed by atoms with van der Waals surface area (Å²) in [5, 5.41) is 5.57. The summed E-state index contributed by atoms with van der Waals surface area (Å²) in [5.74, 6) is -1.30. The van der Waals surface area contributed by atoms with Gasteiger partial charge in [0.15, 0.2) is 6.61 Å². The lowest BCUT2D eigenvalue weighted by Crippen LogP contribution is -2.54. The molecular weight excluding hydrogens is 362 g/mol. The summed E-state index contributed by atoms with van der Waals surface area (Å²) in [4.78, 5) is 50.3. The summed E-state index contributed by atoms with van der Waals surface area (Å²) >= 11 is 0. The molecular formula is C20H33N3O5. The number of esters is 1. The largest absolute Gasteiger partial charge is 0.454 e. The van der Waals surface area contributed by atoms with E-state index >= 15 is 0 Å². The third-order valence-electron chi connectivity index (χ3n) is 5.64. The van der Waals surface area contributed by atoms with Crippen LogP contribution >= 0.6 is 0 Å². The van der Waals surface area contributed by atoms with Crippen LogP contribution in [0.3, 0.4) is 0 Å². The zero-order valence-electron chi connectivity index (χ0n) is 17.8. The minimum absolute atomic E-state index is 0.0820. The second kappa shape index (κ2) is 7.72. The highest BCUT2D eigenvalue weighted by atomic mass is 16.5. The van der Waals surface area contributed by atoms with E-state index in [4.69, 9.17) is 4.74 Å². The molecule has 2 atom stereocenters. The number of rotatable bonds is 6. The molecule has 158 valence electrons. The van der Waals surface area contributed by atoms with Gasteiger partial charge in [-0.3, -0.25) is 19.3 Å². The van der Waals surface area contributed by atoms with E-state index < -0.39 is 42.1 Å². The van der Waals surface area contributed by atoms with Gasteiger partial charge in [0.05, 0.1) is 0 Å². The number of carbonyl (C=O) groups excluding carboxylic acids is 4. The summed E-state index contributed by atoms with van der Waals surface area (Å²) in [6.45, 7) is 11.0. The van der Waals surface area contributed by atoms with Gasteiger partial charge in [0.2, 0.25) is 0 Å². The van der Waals surface area contributed by atoms with Crippen molar-refractivity contribution in [2.75, 3.05) is 13.2 Å². The molecule has 0 unspecified atom stereocenters. The summed E-state index contributed by atoms with van der Waals surface area (Å²) < 4.78 is 4.97. The molecule has 0 bridgehead atoms. The van der Waals surface area contributed by atoms with Gasteiger partial charge in [0, 0.05) is 5.54 Å². The number of nitrogens with one attached hydrogen (secondary N) is 2. The van der Waals surface area contributed by atoms with Crippen LogP contribution in [0.4, 0.5) is 4.79 Å². The minimum atomic E-state index is -0.957. The Hall–Kier alpha value is -2.12. The number of amides is 4. The Bertz CT molecular complexity index is 673. The van der Waals surface area contributed by atoms with Crippen LogP contribution in [0.15, 0.2) is 0 Å². The van der Waals surface area contributed by atoms with Gasteiger partial charge in [-0.25, -0.2) is 4.79 Å². The lowest BCUT2D eigenvalue weighted by molar-refractivity contribution is -0.151. The van der Waals surface area contributed by atoms with E-state index in [1.54, 1.807) is 0 Å². The average Bonchev–Trinajstić information content (AvgIpc) is 2.74. The van der Waals surface area contributed by atoms with Gasteiger partial charge in [-0.1, -0.05) is 27.7 Å². The second-order valence-electron chi connectivity index (χ2n) is 9.70. The van der Waals surface area contributed by atoms with Gasteiger partial charge in [-0.05, 0) is 50.9 Å². The van der Waals surface area contributed by atoms with Crippen LogP contribution in [0.1, 0.15) is 67.2 Å². The predicted molar refractivity (Wildman–Crippen MR) is 103 cm³/mol. The fourth-order valence-electron chi connectivity index (χ4n) is 4.47. The highest BCUT2D eigenvalue weighted by Gasteiger charge is 2.56. The van der Waals surface area contributed by atoms with E-state index in [2.05, 4.69) is 31.4 Å². The Morgan fingerprint density at radius 2 is 1.93 bits per heavy atom. The zero-order chi connectivity index (χ0) is 21.3. The number of imide groups is 1. The van der Waals surface area contributed by atoms with Crippen LogP contribution < -0.4 is 10.6 Å². The molecule has 1 aliphatic carbocycles. The first-order chi connectivity index (χ1) is 12.8. The van der Waals surface area contributed by atoms with Crippen molar-refractivity contribution in [3.8, 4) is 0 Å². The van der Waals surface area contributed by atoms with Crippen molar-refractivity contribution in [2.24, 2.45) is 11.3 Å². The molecule has 0 aromatic rings. The Morgan fingerprint density at radius 3 is 2.50 bits per heavy atom. The maximum Gasteiger partial charge on any atom is 0.326 e. The highest BCUT2D eigenvalue weighted by molar-refractivity contribution is 6.08. The fourth-order valence-corrected chi connectivity index (χ4v) is 4.47. The maximum atomic E-state index is 13.0. The standard InChI is InChI=1S/C20H33N3O5/c1-7-19(5,6)21-14(24)11-28-15(25)10-23-16(26)20(22-17(23)27)9-13(2)8-18(3,4)12-20/h13H,7-12H2,1-6H3,(H,21,24)(H,22,27)/t13-,20+/m0/s1. The van der Waals surface area contributed by atoms with Crippen molar-refractivity contribution < 1.29 is 23.9 Å². The first-order valence-corrected chi connectivity index (χ1v) is 9.90. The topological polar surface area (TPSA) is 105 Å². The van der Waals surface area contributed by atoms with Crippen molar-refractivity contribution in [3.63, 3.8) is 0 Å². The van der Waals surface area contributed by atoms with Crippen molar-refractivity contribution in [1.29, 1.82) is 0 Å². The van der Waals surface area contributed by atoms with Crippen molar-refractivity contribution >= 4 is 23.8 Å². The van der Waals surface area contributed by atoms with Gasteiger partial charge in [-0.2, -0.15) is 0 Å². The number of ether oxygens (including phenoxy) is 1. The molecule has 4 amide bonds. The first-order valence-electron chi connectivity index (χ1n) is 9.90. The summed E-state index contributed by atoms with van der Waals surface area (Å²) in [5.41, 5.74) is -1.44. The molecule has 0 aromatic carbocycles. The van der Waals surface area contributed by atoms with E-state index in [0.717, 1.165) is 17.7 Å². The van der Waals surface area contributed by atoms with Gasteiger partial charge >= 0.3 is 12.0 Å². The second-order valence-corrected chi connectivity index (χ2v) is 9.70. The molecule has 1 aliphatic heterocycles. The smallest absolute Gasteiger partial charge is 0.326 e. The van der Waals surface area contributed by atoms with E-state index in [0.29, 0.717) is 12.8 Å². The maximum absolute atomic E-state index is 13.0. The quantitative estimate of drug-likeness (QED) is 0.528. The molecule has 2 rings (SSSR count). The number of carbonyl (C=O) groups is 4. The summed E-state index contributed by atoms with van der Waals surface area (Å²) in [6, 6.07) is -0.580. The zero-order valence-corrected chi connectivity index (χ0v) is 17.8. The summed E-state index contributed by atoms with van der Waals surface area (Å²) in [6.07, 6.45) is 2.80. The molecule has 8 nitrogen and oxygen atoms in total. The van der Waals surface area contributed by atoms with Crippen LogP contribution in [0.2, 0.25) is 0 Å². The van der Waals surface area contributed by atoms with E-state index in [-0.39, 0.29) is 17.2 Å². The highest BCUT2D eigenvalue weighted by Crippen LogP contribution is 2.46. The first kappa shape index (κ1) is 22.2. The van der Waals surface area contributed by atoms with Crippen molar-refractivity contribution in [3.05, 3.63) is 0 Å². The number of nitrogens with zero attached hydrogens (tertiary/aromatic N) is 1. The number of hydrogen-bond acceptors (Lipinski definition) is 5. The van der Waals surface area contributed by atoms with Gasteiger partial charge in [0.25, 0.3) is 11.8 Å². The molecule has 1 saturated carbocycles. The Kier molecular flexibility index (Phi) is 6.11. The molecule has 0 aromatic heterocycles. The Labute approximate surface area is 166 Å². The molecule has 2 N–H and O–H groups in total. The van der Waals surface area contributed by atoms with Gasteiger partial charge in [0.1, 0.15) is 12.1 Å². The van der Waals surface area contributed by atoms with E-state index in [1.165, 1.54) is 0 Å². The molecule has 1 saturated heterocycles. The normalized spacial score (nSPS) is 26.9. The van der Waals surface area contributed by atoms with Crippen LogP contribution in [0.5, 0.6) is 0 Å². The van der Waals surface area contributed by atoms with Crippen LogP contribution in [0.25, 0.3) is 0 Å². The number of urea groups is 1. The molecule has 28 heavy (non-hydrogen) atoms. The SMILES string of the molecule is CCC(C)(C)NC(=O)COC(=O)CN1C(=O)N[C@@]2(C[C@@H](C)CC(C)(C)C2)C1=O. The van der Waals surface area contributed by atoms with E-state index in [9.17, 15) is 19.2 Å². The van der Waals surface area contributed by atoms with Gasteiger partial charge in [-0.15, -0.1) is 0 Å². The van der Waals surface area contributed by atoms with E-state index in [1.807, 2.05) is 20.8 Å². The Morgan fingerprint density at radius 1 is 1.29 bits per heavy atom. The van der Waals surface area contributed by atoms with Crippen LogP contribution in [0, 0.1) is 11.3 Å². The lowest BCUT2D eigenvalue weighted by Gasteiger charge is -2.43. The third kappa shape index (κ3) is 5.02. The predicted octanol–water partition coefficient (Wildman–Crippen LogP) is 1.97. The van der Waals surface area contributed by atoms with Crippen molar-refractivity contribution in [2.45, 2.75) is 78.3 Å². The van der Waals surface area contributed by atoms with Crippen LogP contribution in [-0.4, -0.2) is 52.9 Å². The third-order valence-corrected chi connectivity index (χ3v) is 5.64. The molecule has 0 radical (unpaired) electrons. The lowest BCUT2D eigenvalue weighted by atomic mass is 9.64. The average molecular weight is 396 g/mol. The summed E-state index contributed by atoms with van der Waals surface area (Å²) in [7, 11) is 0. The van der Waals surface area contributed by atoms with Crippen LogP contribution in [-0.2, 0) is 19.1 Å². The molecule has 8 heteroatoms. The monoisotopic (exact) mass is 395 g/mol.